The smallest absolute Gasteiger partial charge is 0.275 e. The van der Waals surface area contributed by atoms with Gasteiger partial charge in [-0.25, -0.2) is 4.39 Å². The minimum Gasteiger partial charge on any atom is -0.396 e. The molecule has 0 amide bonds. The van der Waals surface area contributed by atoms with Crippen LogP contribution in [0, 0.1) is 22.9 Å². The van der Waals surface area contributed by atoms with Crippen molar-refractivity contribution in [2.75, 3.05) is 6.61 Å². The Morgan fingerprint density at radius 2 is 2.25 bits per heavy atom. The quantitative estimate of drug-likeness (QED) is 0.632. The number of benzene rings is 1. The van der Waals surface area contributed by atoms with E-state index < -0.39 is 10.7 Å². The summed E-state index contributed by atoms with van der Waals surface area (Å²) in [5, 5.41) is 19.2. The van der Waals surface area contributed by atoms with Crippen molar-refractivity contribution >= 4 is 11.8 Å². The SMILES string of the molecule is Cc1c(C=CCCO)cc(F)cc1[N+](=O)[O-]. The molecule has 0 bridgehead atoms. The molecule has 0 heterocycles. The summed E-state index contributed by atoms with van der Waals surface area (Å²) in [5.41, 5.74) is 0.643. The zero-order valence-electron chi connectivity index (χ0n) is 8.81. The van der Waals surface area contributed by atoms with Gasteiger partial charge in [-0.3, -0.25) is 10.1 Å². The Labute approximate surface area is 92.2 Å². The van der Waals surface area contributed by atoms with Crippen LogP contribution >= 0.6 is 0 Å². The Hall–Kier alpha value is -1.75. The lowest BCUT2D eigenvalue weighted by Crippen LogP contribution is -1.95. The summed E-state index contributed by atoms with van der Waals surface area (Å²) in [7, 11) is 0. The highest BCUT2D eigenvalue weighted by Crippen LogP contribution is 2.24. The predicted molar refractivity (Wildman–Crippen MR) is 58.5 cm³/mol. The van der Waals surface area contributed by atoms with Gasteiger partial charge in [0.2, 0.25) is 0 Å². The summed E-state index contributed by atoms with van der Waals surface area (Å²) in [6, 6.07) is 2.13. The van der Waals surface area contributed by atoms with Crippen LogP contribution in [0.5, 0.6) is 0 Å². The van der Waals surface area contributed by atoms with Gasteiger partial charge >= 0.3 is 0 Å². The zero-order valence-corrected chi connectivity index (χ0v) is 8.81. The summed E-state index contributed by atoms with van der Waals surface area (Å²) in [6.45, 7) is 1.56. The minimum atomic E-state index is -0.638. The van der Waals surface area contributed by atoms with Gasteiger partial charge in [-0.15, -0.1) is 0 Å². The van der Waals surface area contributed by atoms with Crippen molar-refractivity contribution in [2.24, 2.45) is 0 Å². The van der Waals surface area contributed by atoms with Crippen molar-refractivity contribution in [2.45, 2.75) is 13.3 Å². The average molecular weight is 225 g/mol. The van der Waals surface area contributed by atoms with Crippen LogP contribution in [0.25, 0.3) is 6.08 Å². The number of rotatable bonds is 4. The lowest BCUT2D eigenvalue weighted by Gasteiger charge is -2.02. The molecule has 0 aliphatic heterocycles. The van der Waals surface area contributed by atoms with E-state index in [0.717, 1.165) is 6.07 Å². The van der Waals surface area contributed by atoms with Gasteiger partial charge in [0.25, 0.3) is 5.69 Å². The molecule has 1 rings (SSSR count). The largest absolute Gasteiger partial charge is 0.396 e. The lowest BCUT2D eigenvalue weighted by molar-refractivity contribution is -0.385. The Balaban J connectivity index is 3.14. The molecule has 0 spiro atoms. The highest BCUT2D eigenvalue weighted by Gasteiger charge is 2.14. The van der Waals surface area contributed by atoms with E-state index in [1.807, 2.05) is 0 Å². The van der Waals surface area contributed by atoms with E-state index in [0.29, 0.717) is 17.5 Å². The van der Waals surface area contributed by atoms with E-state index in [9.17, 15) is 14.5 Å². The number of aliphatic hydroxyl groups excluding tert-OH is 1. The first-order valence-corrected chi connectivity index (χ1v) is 4.78. The molecule has 0 fully saturated rings. The molecular formula is C11H12FNO3. The first-order chi connectivity index (χ1) is 7.56. The van der Waals surface area contributed by atoms with Gasteiger partial charge in [-0.05, 0) is 25.0 Å². The molecule has 0 unspecified atom stereocenters. The van der Waals surface area contributed by atoms with Crippen molar-refractivity contribution in [1.82, 2.24) is 0 Å². The van der Waals surface area contributed by atoms with E-state index in [1.165, 1.54) is 6.07 Å². The second-order valence-electron chi connectivity index (χ2n) is 3.31. The number of nitro groups is 1. The third kappa shape index (κ3) is 2.87. The summed E-state index contributed by atoms with van der Waals surface area (Å²) < 4.78 is 13.1. The van der Waals surface area contributed by atoms with Crippen molar-refractivity contribution in [3.8, 4) is 0 Å². The van der Waals surface area contributed by atoms with Gasteiger partial charge in [-0.2, -0.15) is 0 Å². The molecule has 16 heavy (non-hydrogen) atoms. The molecule has 1 N–H and O–H groups in total. The number of halogens is 1. The van der Waals surface area contributed by atoms with E-state index in [2.05, 4.69) is 0 Å². The Morgan fingerprint density at radius 3 is 2.81 bits per heavy atom. The van der Waals surface area contributed by atoms with Crippen LogP contribution < -0.4 is 0 Å². The zero-order chi connectivity index (χ0) is 12.1. The van der Waals surface area contributed by atoms with Crippen molar-refractivity contribution in [3.63, 3.8) is 0 Å². The minimum absolute atomic E-state index is 0.00699. The van der Waals surface area contributed by atoms with Crippen LogP contribution in [0.1, 0.15) is 17.5 Å². The number of aliphatic hydroxyl groups is 1. The van der Waals surface area contributed by atoms with Crippen LogP contribution in [-0.2, 0) is 0 Å². The van der Waals surface area contributed by atoms with Crippen LogP contribution in [0.2, 0.25) is 0 Å². The molecule has 4 nitrogen and oxygen atoms in total. The summed E-state index contributed by atoms with van der Waals surface area (Å²) in [4.78, 5) is 10.0. The topological polar surface area (TPSA) is 63.4 Å². The highest BCUT2D eigenvalue weighted by atomic mass is 19.1. The molecule has 0 aliphatic rings. The summed E-state index contributed by atoms with van der Waals surface area (Å²) in [5.74, 6) is -0.638. The average Bonchev–Trinajstić information content (AvgIpc) is 2.22. The van der Waals surface area contributed by atoms with E-state index in [1.54, 1.807) is 19.1 Å². The van der Waals surface area contributed by atoms with E-state index in [-0.39, 0.29) is 12.3 Å². The Kier molecular flexibility index (Phi) is 4.13. The van der Waals surface area contributed by atoms with Crippen molar-refractivity contribution < 1.29 is 14.4 Å². The number of nitrogens with zero attached hydrogens (tertiary/aromatic N) is 1. The fourth-order valence-corrected chi connectivity index (χ4v) is 1.33. The van der Waals surface area contributed by atoms with Gasteiger partial charge in [0, 0.05) is 12.2 Å². The van der Waals surface area contributed by atoms with Gasteiger partial charge in [0.1, 0.15) is 5.82 Å². The summed E-state index contributed by atoms with van der Waals surface area (Å²) >= 11 is 0. The molecule has 0 saturated heterocycles. The Bertz CT molecular complexity index is 429. The van der Waals surface area contributed by atoms with Crippen LogP contribution in [0.4, 0.5) is 10.1 Å². The van der Waals surface area contributed by atoms with Crippen LogP contribution in [0.15, 0.2) is 18.2 Å². The molecule has 0 atom stereocenters. The van der Waals surface area contributed by atoms with Crippen LogP contribution in [-0.4, -0.2) is 16.6 Å². The second kappa shape index (κ2) is 5.37. The first-order valence-electron chi connectivity index (χ1n) is 4.78. The monoisotopic (exact) mass is 225 g/mol. The van der Waals surface area contributed by atoms with Crippen LogP contribution in [0.3, 0.4) is 0 Å². The second-order valence-corrected chi connectivity index (χ2v) is 3.31. The fourth-order valence-electron chi connectivity index (χ4n) is 1.33. The number of hydrogen-bond acceptors (Lipinski definition) is 3. The van der Waals surface area contributed by atoms with Gasteiger partial charge in [-0.1, -0.05) is 12.2 Å². The molecule has 0 saturated carbocycles. The number of nitro benzene ring substituents is 1. The fraction of sp³-hybridized carbons (Fsp3) is 0.273. The molecule has 0 aromatic heterocycles. The van der Waals surface area contributed by atoms with Crippen molar-refractivity contribution in [3.05, 3.63) is 45.3 Å². The maximum atomic E-state index is 13.1. The highest BCUT2D eigenvalue weighted by molar-refractivity contribution is 5.59. The normalized spacial score (nSPS) is 10.9. The van der Waals surface area contributed by atoms with Gasteiger partial charge < -0.3 is 5.11 Å². The van der Waals surface area contributed by atoms with E-state index >= 15 is 0 Å². The maximum absolute atomic E-state index is 13.1. The van der Waals surface area contributed by atoms with Gasteiger partial charge in [0.05, 0.1) is 11.0 Å². The Morgan fingerprint density at radius 1 is 1.56 bits per heavy atom. The molecular weight excluding hydrogens is 213 g/mol. The van der Waals surface area contributed by atoms with Crippen molar-refractivity contribution in [1.29, 1.82) is 0 Å². The molecule has 1 aromatic carbocycles. The summed E-state index contributed by atoms with van der Waals surface area (Å²) in [6.07, 6.45) is 3.65. The molecule has 86 valence electrons. The lowest BCUT2D eigenvalue weighted by atomic mass is 10.1. The standard InChI is InChI=1S/C11H12FNO3/c1-8-9(4-2-3-5-14)6-10(12)7-11(8)13(15)16/h2,4,6-7,14H,3,5H2,1H3. The third-order valence-corrected chi connectivity index (χ3v) is 2.18. The molecule has 0 radical (unpaired) electrons. The van der Waals surface area contributed by atoms with Gasteiger partial charge in [0.15, 0.2) is 0 Å². The molecule has 1 aromatic rings. The molecule has 5 heteroatoms. The number of hydrogen-bond donors (Lipinski definition) is 1. The first kappa shape index (κ1) is 12.3. The van der Waals surface area contributed by atoms with E-state index in [4.69, 9.17) is 5.11 Å². The molecule has 0 aliphatic carbocycles. The maximum Gasteiger partial charge on any atom is 0.275 e. The predicted octanol–water partition coefficient (Wildman–Crippen LogP) is 2.44. The third-order valence-electron chi connectivity index (χ3n) is 2.18.